The molecule has 1 amide bonds. The van der Waals surface area contributed by atoms with Gasteiger partial charge in [0.1, 0.15) is 16.4 Å². The first-order valence-electron chi connectivity index (χ1n) is 10.0. The van der Waals surface area contributed by atoms with Gasteiger partial charge in [0.05, 0.1) is 18.5 Å². The molecule has 0 bridgehead atoms. The van der Waals surface area contributed by atoms with E-state index < -0.39 is 0 Å². The number of hydrogen-bond acceptors (Lipinski definition) is 5. The molecule has 0 fully saturated rings. The minimum Gasteiger partial charge on any atom is -0.496 e. The third kappa shape index (κ3) is 4.05. The number of fused-ring (bicyclic) bond motifs is 3. The summed E-state index contributed by atoms with van der Waals surface area (Å²) in [6, 6.07) is 7.47. The average molecular weight is 412 g/mol. The Labute approximate surface area is 173 Å². The standard InChI is InChI=1S/C22H25N3O3S/c1-13(14-7-3-5-9-16(14)28-2)23-19(26)12-11-18-24-21(27)20-15-8-4-6-10-17(15)29-22(20)25-18/h3,5,7,9,13H,4,6,8,10-12H2,1-2H3,(H,23,26)(H,24,25,27)/t13-/m1/s1. The summed E-state index contributed by atoms with van der Waals surface area (Å²) in [5, 5.41) is 3.75. The Kier molecular flexibility index (Phi) is 5.67. The lowest BCUT2D eigenvalue weighted by molar-refractivity contribution is -0.121. The lowest BCUT2D eigenvalue weighted by Gasteiger charge is -2.17. The molecule has 1 aromatic carbocycles. The van der Waals surface area contributed by atoms with Crippen molar-refractivity contribution in [3.8, 4) is 5.75 Å². The lowest BCUT2D eigenvalue weighted by atomic mass is 9.97. The van der Waals surface area contributed by atoms with Gasteiger partial charge in [-0.05, 0) is 44.2 Å². The monoisotopic (exact) mass is 411 g/mol. The van der Waals surface area contributed by atoms with Crippen LogP contribution in [-0.4, -0.2) is 23.0 Å². The van der Waals surface area contributed by atoms with Gasteiger partial charge >= 0.3 is 0 Å². The van der Waals surface area contributed by atoms with E-state index in [0.717, 1.165) is 40.8 Å². The van der Waals surface area contributed by atoms with Crippen LogP contribution < -0.4 is 15.6 Å². The molecular weight excluding hydrogens is 386 g/mol. The van der Waals surface area contributed by atoms with E-state index in [1.54, 1.807) is 18.4 Å². The second-order valence-electron chi connectivity index (χ2n) is 7.43. The average Bonchev–Trinajstić information content (AvgIpc) is 3.11. The molecular formula is C22H25N3O3S. The van der Waals surface area contributed by atoms with Gasteiger partial charge in [-0.3, -0.25) is 9.59 Å². The largest absolute Gasteiger partial charge is 0.496 e. The van der Waals surface area contributed by atoms with E-state index in [2.05, 4.69) is 15.3 Å². The highest BCUT2D eigenvalue weighted by molar-refractivity contribution is 7.18. The molecule has 0 spiro atoms. The summed E-state index contributed by atoms with van der Waals surface area (Å²) in [4.78, 5) is 34.7. The number of carbonyl (C=O) groups excluding carboxylic acids is 1. The number of aromatic amines is 1. The predicted octanol–water partition coefficient (Wildman–Crippen LogP) is 3.68. The number of benzene rings is 1. The smallest absolute Gasteiger partial charge is 0.259 e. The first-order valence-corrected chi connectivity index (χ1v) is 10.8. The number of aryl methyl sites for hydroxylation is 3. The van der Waals surface area contributed by atoms with E-state index in [9.17, 15) is 9.59 Å². The van der Waals surface area contributed by atoms with E-state index in [-0.39, 0.29) is 23.9 Å². The summed E-state index contributed by atoms with van der Waals surface area (Å²) >= 11 is 1.63. The Morgan fingerprint density at radius 2 is 2.10 bits per heavy atom. The van der Waals surface area contributed by atoms with E-state index in [1.807, 2.05) is 31.2 Å². The second kappa shape index (κ2) is 8.37. The first-order chi connectivity index (χ1) is 14.1. The Morgan fingerprint density at radius 3 is 2.93 bits per heavy atom. The first kappa shape index (κ1) is 19.6. The zero-order valence-electron chi connectivity index (χ0n) is 16.7. The van der Waals surface area contributed by atoms with Gasteiger partial charge in [0.15, 0.2) is 0 Å². The van der Waals surface area contributed by atoms with Crippen molar-refractivity contribution in [1.82, 2.24) is 15.3 Å². The number of carbonyl (C=O) groups is 1. The number of H-pyrrole nitrogens is 1. The van der Waals surface area contributed by atoms with Crippen molar-refractivity contribution in [2.45, 2.75) is 51.5 Å². The summed E-state index contributed by atoms with van der Waals surface area (Å²) in [6.45, 7) is 1.93. The van der Waals surface area contributed by atoms with Crippen LogP contribution in [0.1, 0.15) is 54.1 Å². The van der Waals surface area contributed by atoms with Crippen LogP contribution in [0.3, 0.4) is 0 Å². The summed E-state index contributed by atoms with van der Waals surface area (Å²) in [5.74, 6) is 1.23. The van der Waals surface area contributed by atoms with Crippen LogP contribution in [0, 0.1) is 0 Å². The van der Waals surface area contributed by atoms with Crippen LogP contribution >= 0.6 is 11.3 Å². The summed E-state index contributed by atoms with van der Waals surface area (Å²) < 4.78 is 5.37. The number of nitrogens with zero attached hydrogens (tertiary/aromatic N) is 1. The van der Waals surface area contributed by atoms with Crippen molar-refractivity contribution in [3.63, 3.8) is 0 Å². The molecule has 0 unspecified atom stereocenters. The molecule has 4 rings (SSSR count). The number of aromatic nitrogens is 2. The minimum absolute atomic E-state index is 0.0767. The molecule has 2 heterocycles. The van der Waals surface area contributed by atoms with Crippen molar-refractivity contribution < 1.29 is 9.53 Å². The van der Waals surface area contributed by atoms with E-state index >= 15 is 0 Å². The fourth-order valence-electron chi connectivity index (χ4n) is 3.97. The highest BCUT2D eigenvalue weighted by Gasteiger charge is 2.20. The number of thiophene rings is 1. The summed E-state index contributed by atoms with van der Waals surface area (Å²) in [5.41, 5.74) is 2.03. The van der Waals surface area contributed by atoms with Gasteiger partial charge < -0.3 is 15.0 Å². The van der Waals surface area contributed by atoms with E-state index in [4.69, 9.17) is 4.74 Å². The number of amides is 1. The van der Waals surface area contributed by atoms with Crippen LogP contribution in [-0.2, 0) is 24.1 Å². The molecule has 0 radical (unpaired) electrons. The van der Waals surface area contributed by atoms with Crippen LogP contribution in [0.25, 0.3) is 10.2 Å². The molecule has 2 N–H and O–H groups in total. The highest BCUT2D eigenvalue weighted by atomic mass is 32.1. The molecule has 1 atom stereocenters. The normalized spacial score (nSPS) is 14.4. The highest BCUT2D eigenvalue weighted by Crippen LogP contribution is 2.33. The number of nitrogens with one attached hydrogen (secondary N) is 2. The lowest BCUT2D eigenvalue weighted by Crippen LogP contribution is -2.27. The van der Waals surface area contributed by atoms with Gasteiger partial charge in [0.25, 0.3) is 5.56 Å². The maximum atomic E-state index is 12.6. The van der Waals surface area contributed by atoms with Crippen molar-refractivity contribution in [3.05, 3.63) is 56.4 Å². The zero-order chi connectivity index (χ0) is 20.4. The Morgan fingerprint density at radius 1 is 1.31 bits per heavy atom. The van der Waals surface area contributed by atoms with Gasteiger partial charge in [-0.1, -0.05) is 18.2 Å². The zero-order valence-corrected chi connectivity index (χ0v) is 17.5. The molecule has 152 valence electrons. The van der Waals surface area contributed by atoms with Crippen LogP contribution in [0.2, 0.25) is 0 Å². The number of ether oxygens (including phenoxy) is 1. The number of hydrogen-bond donors (Lipinski definition) is 2. The molecule has 0 saturated heterocycles. The topological polar surface area (TPSA) is 84.1 Å². The summed E-state index contributed by atoms with van der Waals surface area (Å²) in [6.07, 6.45) is 4.97. The van der Waals surface area contributed by atoms with Crippen LogP contribution in [0.15, 0.2) is 29.1 Å². The summed E-state index contributed by atoms with van der Waals surface area (Å²) in [7, 11) is 1.62. The Hall–Kier alpha value is -2.67. The third-order valence-corrected chi connectivity index (χ3v) is 6.63. The van der Waals surface area contributed by atoms with E-state index in [0.29, 0.717) is 12.2 Å². The van der Waals surface area contributed by atoms with Crippen molar-refractivity contribution in [2.75, 3.05) is 7.11 Å². The molecule has 1 aliphatic carbocycles. The number of rotatable bonds is 6. The molecule has 2 aromatic heterocycles. The maximum absolute atomic E-state index is 12.6. The molecule has 29 heavy (non-hydrogen) atoms. The number of methoxy groups -OCH3 is 1. The molecule has 0 aliphatic heterocycles. The van der Waals surface area contributed by atoms with E-state index in [1.165, 1.54) is 16.9 Å². The van der Waals surface area contributed by atoms with Crippen molar-refractivity contribution >= 4 is 27.5 Å². The van der Waals surface area contributed by atoms with Crippen molar-refractivity contribution in [1.29, 1.82) is 0 Å². The van der Waals surface area contributed by atoms with Gasteiger partial charge in [-0.2, -0.15) is 0 Å². The fraction of sp³-hybridized carbons (Fsp3) is 0.409. The number of para-hydroxylation sites is 1. The van der Waals surface area contributed by atoms with Gasteiger partial charge in [-0.25, -0.2) is 4.98 Å². The van der Waals surface area contributed by atoms with Gasteiger partial charge in [-0.15, -0.1) is 11.3 Å². The Bertz CT molecular complexity index is 1100. The SMILES string of the molecule is COc1ccccc1[C@@H](C)NC(=O)CCc1nc2sc3c(c2c(=O)[nH]1)CCCC3. The van der Waals surface area contributed by atoms with Crippen LogP contribution in [0.4, 0.5) is 0 Å². The predicted molar refractivity (Wildman–Crippen MR) is 115 cm³/mol. The molecule has 7 heteroatoms. The maximum Gasteiger partial charge on any atom is 0.259 e. The molecule has 0 saturated carbocycles. The Balaban J connectivity index is 1.44. The van der Waals surface area contributed by atoms with Crippen molar-refractivity contribution in [2.24, 2.45) is 0 Å². The quantitative estimate of drug-likeness (QED) is 0.648. The van der Waals surface area contributed by atoms with Crippen LogP contribution in [0.5, 0.6) is 5.75 Å². The van der Waals surface area contributed by atoms with Gasteiger partial charge in [0, 0.05) is 23.3 Å². The second-order valence-corrected chi connectivity index (χ2v) is 8.52. The molecule has 3 aromatic rings. The fourth-order valence-corrected chi connectivity index (χ4v) is 5.26. The molecule has 6 nitrogen and oxygen atoms in total. The molecule has 1 aliphatic rings. The third-order valence-electron chi connectivity index (χ3n) is 5.45. The van der Waals surface area contributed by atoms with Gasteiger partial charge in [0.2, 0.25) is 5.91 Å². The minimum atomic E-state index is -0.169.